The Kier molecular flexibility index (Phi) is 6.44. The van der Waals surface area contributed by atoms with Crippen LogP contribution in [0.3, 0.4) is 0 Å². The number of terminal acetylenes is 1. The molecule has 28 heavy (non-hydrogen) atoms. The lowest BCUT2D eigenvalue weighted by Gasteiger charge is -2.25. The number of H-pyrrole nitrogens is 1. The van der Waals surface area contributed by atoms with Gasteiger partial charge in [-0.15, -0.1) is 6.42 Å². The smallest absolute Gasteiger partial charge is 0.271 e. The van der Waals surface area contributed by atoms with Gasteiger partial charge in [0.1, 0.15) is 16.4 Å². The summed E-state index contributed by atoms with van der Waals surface area (Å²) < 4.78 is 40.0. The molecule has 6 nitrogen and oxygen atoms in total. The second kappa shape index (κ2) is 8.82. The number of amides is 1. The summed E-state index contributed by atoms with van der Waals surface area (Å²) in [5.41, 5.74) is 0.859. The average Bonchev–Trinajstić information content (AvgIpc) is 3.20. The Bertz CT molecular complexity index is 975. The number of thioether (sulfide) groups is 1. The van der Waals surface area contributed by atoms with Crippen LogP contribution in [0, 0.1) is 18.2 Å². The number of nitrogens with zero attached hydrogens (tertiary/aromatic N) is 2. The summed E-state index contributed by atoms with van der Waals surface area (Å²) in [6, 6.07) is 7.11. The van der Waals surface area contributed by atoms with Crippen molar-refractivity contribution in [1.29, 1.82) is 0 Å². The van der Waals surface area contributed by atoms with Gasteiger partial charge in [-0.2, -0.15) is 16.1 Å². The molecule has 1 fully saturated rings. The van der Waals surface area contributed by atoms with E-state index in [2.05, 4.69) is 10.9 Å². The van der Waals surface area contributed by atoms with E-state index in [1.807, 2.05) is 0 Å². The van der Waals surface area contributed by atoms with E-state index in [4.69, 9.17) is 6.42 Å². The molecule has 0 radical (unpaired) electrons. The zero-order valence-corrected chi connectivity index (χ0v) is 16.7. The predicted octanol–water partition coefficient (Wildman–Crippen LogP) is 2.17. The first kappa shape index (κ1) is 20.5. The fraction of sp³-hybridized carbons (Fsp3) is 0.316. The fourth-order valence-electron chi connectivity index (χ4n) is 2.87. The minimum atomic E-state index is -3.64. The van der Waals surface area contributed by atoms with Crippen LogP contribution in [0.5, 0.6) is 0 Å². The number of sulfonamides is 1. The highest BCUT2D eigenvalue weighted by molar-refractivity contribution is 7.99. The highest BCUT2D eigenvalue weighted by Gasteiger charge is 2.28. The molecule has 1 N–H and O–H groups in total. The molecule has 1 aliphatic heterocycles. The van der Waals surface area contributed by atoms with Crippen LogP contribution in [-0.2, 0) is 16.6 Å². The van der Waals surface area contributed by atoms with Gasteiger partial charge in [0.2, 0.25) is 10.0 Å². The van der Waals surface area contributed by atoms with E-state index >= 15 is 0 Å². The fourth-order valence-corrected chi connectivity index (χ4v) is 5.44. The van der Waals surface area contributed by atoms with E-state index in [0.717, 1.165) is 17.1 Å². The number of hydrogen-bond acceptors (Lipinski definition) is 4. The molecule has 9 heteroatoms. The van der Waals surface area contributed by atoms with Crippen molar-refractivity contribution in [2.75, 3.05) is 31.1 Å². The van der Waals surface area contributed by atoms with Crippen LogP contribution < -0.4 is 0 Å². The quantitative estimate of drug-likeness (QED) is 0.726. The minimum Gasteiger partial charge on any atom is -0.356 e. The van der Waals surface area contributed by atoms with Crippen LogP contribution in [0.15, 0.2) is 41.4 Å². The third-order valence-electron chi connectivity index (χ3n) is 4.35. The lowest BCUT2D eigenvalue weighted by molar-refractivity contribution is 0.0760. The van der Waals surface area contributed by atoms with Crippen LogP contribution in [0.25, 0.3) is 0 Å². The Labute approximate surface area is 168 Å². The molecule has 1 aromatic heterocycles. The second-order valence-corrected chi connectivity index (χ2v) is 9.42. The van der Waals surface area contributed by atoms with Crippen molar-refractivity contribution >= 4 is 27.7 Å². The number of rotatable bonds is 6. The Morgan fingerprint density at radius 3 is 2.61 bits per heavy atom. The van der Waals surface area contributed by atoms with Crippen LogP contribution in [0.1, 0.15) is 16.1 Å². The Hall–Kier alpha value is -2.28. The number of nitrogens with one attached hydrogen (secondary N) is 1. The number of carbonyl (C=O) groups is 1. The molecule has 1 amide bonds. The highest BCUT2D eigenvalue weighted by atomic mass is 32.2. The number of halogens is 1. The molecule has 1 saturated heterocycles. The molecule has 0 unspecified atom stereocenters. The Morgan fingerprint density at radius 2 is 1.96 bits per heavy atom. The van der Waals surface area contributed by atoms with Crippen molar-refractivity contribution in [2.24, 2.45) is 0 Å². The first-order valence-corrected chi connectivity index (χ1v) is 11.2. The molecular weight excluding hydrogens is 401 g/mol. The number of hydrogen-bond donors (Lipinski definition) is 1. The molecule has 2 heterocycles. The molecule has 0 atom stereocenters. The third kappa shape index (κ3) is 4.58. The van der Waals surface area contributed by atoms with Gasteiger partial charge < -0.3 is 9.88 Å². The monoisotopic (exact) mass is 421 g/mol. The lowest BCUT2D eigenvalue weighted by atomic mass is 10.2. The summed E-state index contributed by atoms with van der Waals surface area (Å²) in [6.07, 6.45) is 6.71. The first-order chi connectivity index (χ1) is 13.4. The van der Waals surface area contributed by atoms with E-state index in [1.54, 1.807) is 23.9 Å². The van der Waals surface area contributed by atoms with Crippen LogP contribution >= 0.6 is 11.8 Å². The number of aromatic nitrogens is 1. The molecule has 0 spiro atoms. The molecule has 0 saturated carbocycles. The van der Waals surface area contributed by atoms with Gasteiger partial charge in [-0.3, -0.25) is 4.79 Å². The first-order valence-electron chi connectivity index (χ1n) is 8.65. The summed E-state index contributed by atoms with van der Waals surface area (Å²) in [5.74, 6) is 3.15. The summed E-state index contributed by atoms with van der Waals surface area (Å²) in [5, 5.41) is 0. The van der Waals surface area contributed by atoms with E-state index < -0.39 is 15.9 Å². The molecular formula is C19H20FN3O3S2. The summed E-state index contributed by atoms with van der Waals surface area (Å²) >= 11 is 1.71. The molecule has 0 aliphatic carbocycles. The van der Waals surface area contributed by atoms with Gasteiger partial charge in [0.05, 0.1) is 6.54 Å². The van der Waals surface area contributed by atoms with Crippen molar-refractivity contribution in [3.05, 3.63) is 53.6 Å². The van der Waals surface area contributed by atoms with E-state index in [-0.39, 0.29) is 29.5 Å². The minimum absolute atomic E-state index is 0.0423. The Morgan fingerprint density at radius 1 is 1.29 bits per heavy atom. The normalized spacial score (nSPS) is 15.1. The zero-order chi connectivity index (χ0) is 20.1. The van der Waals surface area contributed by atoms with Crippen molar-refractivity contribution < 1.29 is 17.6 Å². The van der Waals surface area contributed by atoms with Crippen LogP contribution in [0.2, 0.25) is 0 Å². The molecule has 148 valence electrons. The molecule has 1 aliphatic rings. The highest BCUT2D eigenvalue weighted by Crippen LogP contribution is 2.21. The van der Waals surface area contributed by atoms with Gasteiger partial charge in [0.25, 0.3) is 5.91 Å². The number of aromatic amines is 1. The van der Waals surface area contributed by atoms with E-state index in [9.17, 15) is 17.6 Å². The van der Waals surface area contributed by atoms with E-state index in [1.165, 1.54) is 33.6 Å². The number of carbonyl (C=O) groups excluding carboxylic acids is 1. The second-order valence-electron chi connectivity index (χ2n) is 6.26. The maximum absolute atomic E-state index is 13.1. The molecule has 3 rings (SSSR count). The van der Waals surface area contributed by atoms with Gasteiger partial charge in [0.15, 0.2) is 0 Å². The summed E-state index contributed by atoms with van der Waals surface area (Å²) in [6.45, 7) is 1.14. The maximum Gasteiger partial charge on any atom is 0.271 e. The van der Waals surface area contributed by atoms with Crippen LogP contribution in [-0.4, -0.2) is 59.7 Å². The van der Waals surface area contributed by atoms with E-state index in [0.29, 0.717) is 13.1 Å². The van der Waals surface area contributed by atoms with Gasteiger partial charge >= 0.3 is 0 Å². The number of benzene rings is 1. The Balaban J connectivity index is 1.78. The van der Waals surface area contributed by atoms with Gasteiger partial charge in [-0.05, 0) is 23.8 Å². The predicted molar refractivity (Wildman–Crippen MR) is 107 cm³/mol. The largest absolute Gasteiger partial charge is 0.356 e. The lowest BCUT2D eigenvalue weighted by Crippen LogP contribution is -2.37. The van der Waals surface area contributed by atoms with Crippen LogP contribution in [0.4, 0.5) is 4.39 Å². The van der Waals surface area contributed by atoms with Gasteiger partial charge in [-0.25, -0.2) is 12.8 Å². The summed E-state index contributed by atoms with van der Waals surface area (Å²) in [7, 11) is -3.64. The van der Waals surface area contributed by atoms with Gasteiger partial charge in [-0.1, -0.05) is 18.1 Å². The standard InChI is InChI=1S/C19H20FN3O3S2/c1-2-7-22(14-15-3-5-16(20)6-4-15)19(24)18-12-17(13-21-18)28(25,26)23-8-10-27-11-9-23/h1,3-6,12-13,21H,7-11,14H2. The SMILES string of the molecule is C#CCN(Cc1ccc(F)cc1)C(=O)c1cc(S(=O)(=O)N2CCSCC2)c[nH]1. The van der Waals surface area contributed by atoms with Crippen molar-refractivity contribution in [1.82, 2.24) is 14.2 Å². The van der Waals surface area contributed by atoms with Gasteiger partial charge in [0, 0.05) is 37.3 Å². The third-order valence-corrected chi connectivity index (χ3v) is 7.17. The average molecular weight is 422 g/mol. The molecule has 0 bridgehead atoms. The van der Waals surface area contributed by atoms with Crippen molar-refractivity contribution in [3.63, 3.8) is 0 Å². The van der Waals surface area contributed by atoms with Crippen molar-refractivity contribution in [2.45, 2.75) is 11.4 Å². The summed E-state index contributed by atoms with van der Waals surface area (Å²) in [4.78, 5) is 17.0. The molecule has 2 aromatic rings. The van der Waals surface area contributed by atoms with Crippen molar-refractivity contribution in [3.8, 4) is 12.3 Å². The topological polar surface area (TPSA) is 73.5 Å². The maximum atomic E-state index is 13.1. The zero-order valence-electron chi connectivity index (χ0n) is 15.1. The molecule has 1 aromatic carbocycles.